The average Bonchev–Trinajstić information content (AvgIpc) is 2.69. The van der Waals surface area contributed by atoms with E-state index in [1.54, 1.807) is 31.1 Å². The van der Waals surface area contributed by atoms with E-state index in [0.717, 1.165) is 16.8 Å². The summed E-state index contributed by atoms with van der Waals surface area (Å²) in [7, 11) is 3.43. The van der Waals surface area contributed by atoms with E-state index >= 15 is 0 Å². The van der Waals surface area contributed by atoms with Crippen molar-refractivity contribution in [3.05, 3.63) is 63.2 Å². The first-order valence-electron chi connectivity index (χ1n) is 9.32. The van der Waals surface area contributed by atoms with Gasteiger partial charge in [0.25, 0.3) is 5.69 Å². The lowest BCUT2D eigenvalue weighted by Gasteiger charge is -2.12. The summed E-state index contributed by atoms with van der Waals surface area (Å²) in [6, 6.07) is 10.3. The van der Waals surface area contributed by atoms with Crippen LogP contribution in [-0.4, -0.2) is 37.0 Å². The first-order valence-corrected chi connectivity index (χ1v) is 9.32. The number of benzene rings is 2. The van der Waals surface area contributed by atoms with E-state index in [4.69, 9.17) is 0 Å². The van der Waals surface area contributed by atoms with E-state index in [1.165, 1.54) is 12.3 Å². The van der Waals surface area contributed by atoms with Gasteiger partial charge in [0.05, 0.1) is 11.1 Å². The van der Waals surface area contributed by atoms with Gasteiger partial charge in [0.1, 0.15) is 5.69 Å². The third kappa shape index (κ3) is 6.13. The number of amides is 2. The molecule has 2 amide bonds. The summed E-state index contributed by atoms with van der Waals surface area (Å²) in [5.74, 6) is -0.695. The van der Waals surface area contributed by atoms with Gasteiger partial charge < -0.3 is 10.2 Å². The van der Waals surface area contributed by atoms with Crippen LogP contribution >= 0.6 is 0 Å². The third-order valence-corrected chi connectivity index (χ3v) is 4.54. The van der Waals surface area contributed by atoms with Gasteiger partial charge in [0, 0.05) is 44.3 Å². The fourth-order valence-corrected chi connectivity index (χ4v) is 2.71. The number of aryl methyl sites for hydroxylation is 1. The Kier molecular flexibility index (Phi) is 7.62. The average molecular weight is 411 g/mol. The molecule has 2 rings (SSSR count). The predicted octanol–water partition coefficient (Wildman–Crippen LogP) is 3.15. The van der Waals surface area contributed by atoms with Crippen molar-refractivity contribution in [3.63, 3.8) is 0 Å². The van der Waals surface area contributed by atoms with Gasteiger partial charge in [-0.3, -0.25) is 19.7 Å². The zero-order chi connectivity index (χ0) is 22.3. The number of nitro groups is 1. The Morgan fingerprint density at radius 1 is 1.13 bits per heavy atom. The van der Waals surface area contributed by atoms with E-state index in [0.29, 0.717) is 11.3 Å². The molecule has 2 aromatic carbocycles. The third-order valence-electron chi connectivity index (χ3n) is 4.54. The summed E-state index contributed by atoms with van der Waals surface area (Å²) in [6.45, 7) is 3.88. The number of hydrogen-bond acceptors (Lipinski definition) is 6. The van der Waals surface area contributed by atoms with Crippen molar-refractivity contribution < 1.29 is 14.5 Å². The molecule has 0 unspecified atom stereocenters. The largest absolute Gasteiger partial charge is 0.372 e. The van der Waals surface area contributed by atoms with E-state index in [9.17, 15) is 19.7 Å². The maximum atomic E-state index is 12.1. The summed E-state index contributed by atoms with van der Waals surface area (Å²) < 4.78 is 0. The number of nitro benzene ring substituents is 1. The highest BCUT2D eigenvalue weighted by Gasteiger charge is 2.15. The fourth-order valence-electron chi connectivity index (χ4n) is 2.71. The van der Waals surface area contributed by atoms with Crippen LogP contribution < -0.4 is 15.6 Å². The van der Waals surface area contributed by atoms with Crippen LogP contribution in [0, 0.1) is 24.0 Å². The summed E-state index contributed by atoms with van der Waals surface area (Å²) in [5.41, 5.74) is 5.98. The maximum absolute atomic E-state index is 12.1. The van der Waals surface area contributed by atoms with Gasteiger partial charge in [-0.15, -0.1) is 0 Å². The Morgan fingerprint density at radius 2 is 1.83 bits per heavy atom. The van der Waals surface area contributed by atoms with Crippen LogP contribution in [0.1, 0.15) is 29.5 Å². The summed E-state index contributed by atoms with van der Waals surface area (Å²) in [4.78, 5) is 36.4. The molecule has 0 bridgehead atoms. The molecule has 0 atom stereocenters. The molecule has 0 saturated heterocycles. The standard InChI is InChI=1S/C21H25N5O4/c1-14-6-5-7-17(15(14)2)23-20(27)10-11-21(28)24-22-13-16-8-9-18(25(3)4)19(12-16)26(29)30/h5-9,12-13H,10-11H2,1-4H3,(H,23,27)(H,24,28). The van der Waals surface area contributed by atoms with Crippen molar-refractivity contribution in [1.82, 2.24) is 5.43 Å². The molecule has 0 aliphatic rings. The minimum absolute atomic E-state index is 0.0116. The normalized spacial score (nSPS) is 10.7. The minimum atomic E-state index is -0.472. The van der Waals surface area contributed by atoms with Crippen molar-refractivity contribution in [2.75, 3.05) is 24.3 Å². The monoisotopic (exact) mass is 411 g/mol. The molecule has 158 valence electrons. The molecule has 0 aromatic heterocycles. The number of anilines is 2. The van der Waals surface area contributed by atoms with Gasteiger partial charge in [0.15, 0.2) is 0 Å². The van der Waals surface area contributed by atoms with Gasteiger partial charge in [-0.2, -0.15) is 5.10 Å². The lowest BCUT2D eigenvalue weighted by atomic mass is 10.1. The SMILES string of the molecule is Cc1cccc(NC(=O)CCC(=O)NN=Cc2ccc(N(C)C)c([N+](=O)[O-])c2)c1C. The van der Waals surface area contributed by atoms with Crippen LogP contribution in [0.4, 0.5) is 17.1 Å². The predicted molar refractivity (Wildman–Crippen MR) is 117 cm³/mol. The van der Waals surface area contributed by atoms with Crippen LogP contribution in [0.25, 0.3) is 0 Å². The molecule has 30 heavy (non-hydrogen) atoms. The number of rotatable bonds is 8. The highest BCUT2D eigenvalue weighted by Crippen LogP contribution is 2.27. The maximum Gasteiger partial charge on any atom is 0.293 e. The summed E-state index contributed by atoms with van der Waals surface area (Å²) in [6.07, 6.45) is 1.30. The number of hydrogen-bond donors (Lipinski definition) is 2. The lowest BCUT2D eigenvalue weighted by Crippen LogP contribution is -2.21. The smallest absolute Gasteiger partial charge is 0.293 e. The molecule has 0 saturated carbocycles. The molecule has 2 N–H and O–H groups in total. The number of carbonyl (C=O) groups is 2. The Labute approximate surface area is 174 Å². The van der Waals surface area contributed by atoms with Crippen molar-refractivity contribution >= 4 is 35.1 Å². The number of hydrazone groups is 1. The summed E-state index contributed by atoms with van der Waals surface area (Å²) in [5, 5.41) is 17.8. The lowest BCUT2D eigenvalue weighted by molar-refractivity contribution is -0.384. The van der Waals surface area contributed by atoms with Crippen LogP contribution in [0.2, 0.25) is 0 Å². The molecular formula is C21H25N5O4. The van der Waals surface area contributed by atoms with Gasteiger partial charge in [-0.1, -0.05) is 18.2 Å². The molecular weight excluding hydrogens is 386 g/mol. The van der Waals surface area contributed by atoms with E-state index in [1.807, 2.05) is 32.0 Å². The van der Waals surface area contributed by atoms with Gasteiger partial charge in [0.2, 0.25) is 11.8 Å². The summed E-state index contributed by atoms with van der Waals surface area (Å²) >= 11 is 0. The molecule has 0 aliphatic carbocycles. The second-order valence-corrected chi connectivity index (χ2v) is 6.99. The first kappa shape index (κ1) is 22.5. The zero-order valence-corrected chi connectivity index (χ0v) is 17.4. The van der Waals surface area contributed by atoms with Gasteiger partial charge in [-0.05, 0) is 37.1 Å². The molecule has 0 spiro atoms. The van der Waals surface area contributed by atoms with Crippen LogP contribution in [0.5, 0.6) is 0 Å². The topological polar surface area (TPSA) is 117 Å². The van der Waals surface area contributed by atoms with Crippen molar-refractivity contribution in [1.29, 1.82) is 0 Å². The molecule has 0 radical (unpaired) electrons. The van der Waals surface area contributed by atoms with E-state index in [2.05, 4.69) is 15.8 Å². The van der Waals surface area contributed by atoms with Crippen LogP contribution in [-0.2, 0) is 9.59 Å². The fraction of sp³-hybridized carbons (Fsp3) is 0.286. The molecule has 0 aliphatic heterocycles. The van der Waals surface area contributed by atoms with Crippen molar-refractivity contribution in [2.24, 2.45) is 5.10 Å². The molecule has 9 nitrogen and oxygen atoms in total. The van der Waals surface area contributed by atoms with E-state index < -0.39 is 10.8 Å². The molecule has 2 aromatic rings. The highest BCUT2D eigenvalue weighted by molar-refractivity contribution is 5.94. The second-order valence-electron chi connectivity index (χ2n) is 6.99. The Morgan fingerprint density at radius 3 is 2.50 bits per heavy atom. The molecule has 0 heterocycles. The highest BCUT2D eigenvalue weighted by atomic mass is 16.6. The Hall–Kier alpha value is -3.75. The Bertz CT molecular complexity index is 985. The zero-order valence-electron chi connectivity index (χ0n) is 17.4. The number of carbonyl (C=O) groups excluding carboxylic acids is 2. The van der Waals surface area contributed by atoms with Gasteiger partial charge >= 0.3 is 0 Å². The van der Waals surface area contributed by atoms with E-state index in [-0.39, 0.29) is 24.4 Å². The molecule has 0 fully saturated rings. The quantitative estimate of drug-likeness (QED) is 0.393. The first-order chi connectivity index (χ1) is 14.2. The molecule has 9 heteroatoms. The Balaban J connectivity index is 1.88. The second kappa shape index (κ2) is 10.1. The van der Waals surface area contributed by atoms with Crippen molar-refractivity contribution in [2.45, 2.75) is 26.7 Å². The number of nitrogens with one attached hydrogen (secondary N) is 2. The number of nitrogens with zero attached hydrogens (tertiary/aromatic N) is 3. The van der Waals surface area contributed by atoms with Gasteiger partial charge in [-0.25, -0.2) is 5.43 Å². The van der Waals surface area contributed by atoms with Crippen molar-refractivity contribution in [3.8, 4) is 0 Å². The van der Waals surface area contributed by atoms with Crippen LogP contribution in [0.3, 0.4) is 0 Å². The minimum Gasteiger partial charge on any atom is -0.372 e. The van der Waals surface area contributed by atoms with Crippen LogP contribution in [0.15, 0.2) is 41.5 Å².